The van der Waals surface area contributed by atoms with Crippen molar-refractivity contribution in [3.8, 4) is 11.8 Å². The van der Waals surface area contributed by atoms with E-state index in [0.717, 1.165) is 5.56 Å². The van der Waals surface area contributed by atoms with Crippen molar-refractivity contribution < 1.29 is 14.3 Å². The molecular formula is C16H17NO3. The zero-order valence-electron chi connectivity index (χ0n) is 11.6. The number of benzene rings is 1. The van der Waals surface area contributed by atoms with Crippen LogP contribution in [0.1, 0.15) is 24.8 Å². The quantitative estimate of drug-likeness (QED) is 0.514. The third kappa shape index (κ3) is 2.16. The maximum atomic E-state index is 12.3. The molecule has 1 N–H and O–H groups in total. The summed E-state index contributed by atoms with van der Waals surface area (Å²) < 4.78 is 4.89. The van der Waals surface area contributed by atoms with Gasteiger partial charge in [0.2, 0.25) is 5.91 Å². The molecule has 1 aromatic carbocycles. The molecule has 0 aliphatic carbocycles. The summed E-state index contributed by atoms with van der Waals surface area (Å²) in [4.78, 5) is 24.6. The largest absolute Gasteiger partial charge is 0.468 e. The predicted octanol–water partition coefficient (Wildman–Crippen LogP) is 1.47. The van der Waals surface area contributed by atoms with Crippen molar-refractivity contribution in [3.05, 3.63) is 35.9 Å². The van der Waals surface area contributed by atoms with Crippen LogP contribution in [0.5, 0.6) is 0 Å². The minimum absolute atomic E-state index is 0.168. The fraction of sp³-hybridized carbons (Fsp3) is 0.375. The first-order valence-corrected chi connectivity index (χ1v) is 6.48. The summed E-state index contributed by atoms with van der Waals surface area (Å²) in [5, 5.41) is 2.78. The Kier molecular flexibility index (Phi) is 4.09. The lowest BCUT2D eigenvalue weighted by atomic mass is 9.71. The molecule has 0 saturated carbocycles. The molecule has 1 amide bonds. The van der Waals surface area contributed by atoms with Crippen LogP contribution in [0, 0.1) is 17.3 Å². The van der Waals surface area contributed by atoms with Crippen LogP contribution in [0.15, 0.2) is 30.3 Å². The summed E-state index contributed by atoms with van der Waals surface area (Å²) in [5.41, 5.74) is -0.312. The van der Waals surface area contributed by atoms with Crippen molar-refractivity contribution in [1.29, 1.82) is 0 Å². The van der Waals surface area contributed by atoms with E-state index >= 15 is 0 Å². The molecule has 1 aliphatic heterocycles. The normalized spacial score (nSPS) is 24.5. The second-order valence-electron chi connectivity index (χ2n) is 4.74. The lowest BCUT2D eigenvalue weighted by molar-refractivity contribution is -0.157. The molecule has 20 heavy (non-hydrogen) atoms. The van der Waals surface area contributed by atoms with Gasteiger partial charge in [-0.3, -0.25) is 9.59 Å². The van der Waals surface area contributed by atoms with E-state index in [1.54, 1.807) is 6.92 Å². The first-order valence-electron chi connectivity index (χ1n) is 6.48. The lowest BCUT2D eigenvalue weighted by Gasteiger charge is -2.28. The summed E-state index contributed by atoms with van der Waals surface area (Å²) in [5.74, 6) is 4.53. The molecule has 1 aliphatic rings. The minimum Gasteiger partial charge on any atom is -0.468 e. The molecule has 1 heterocycles. The minimum atomic E-state index is -1.25. The van der Waals surface area contributed by atoms with Crippen LogP contribution in [0.4, 0.5) is 0 Å². The van der Waals surface area contributed by atoms with Crippen molar-refractivity contribution in [2.45, 2.75) is 19.3 Å². The van der Waals surface area contributed by atoms with Gasteiger partial charge in [-0.15, -0.1) is 11.8 Å². The highest BCUT2D eigenvalue weighted by atomic mass is 16.5. The van der Waals surface area contributed by atoms with Gasteiger partial charge in [-0.25, -0.2) is 0 Å². The monoisotopic (exact) mass is 271 g/mol. The molecule has 1 fully saturated rings. The van der Waals surface area contributed by atoms with Gasteiger partial charge in [0, 0.05) is 18.9 Å². The van der Waals surface area contributed by atoms with Crippen molar-refractivity contribution >= 4 is 11.9 Å². The molecular weight excluding hydrogens is 254 g/mol. The van der Waals surface area contributed by atoms with E-state index in [-0.39, 0.29) is 18.2 Å². The Labute approximate surface area is 118 Å². The van der Waals surface area contributed by atoms with E-state index < -0.39 is 11.4 Å². The number of ether oxygens (including phenoxy) is 1. The van der Waals surface area contributed by atoms with E-state index in [9.17, 15) is 9.59 Å². The molecule has 0 unspecified atom stereocenters. The number of carbonyl (C=O) groups excluding carboxylic acids is 2. The van der Waals surface area contributed by atoms with Gasteiger partial charge in [-0.1, -0.05) is 30.3 Å². The van der Waals surface area contributed by atoms with Crippen molar-refractivity contribution in [2.75, 3.05) is 13.7 Å². The number of methoxy groups -OCH3 is 1. The summed E-state index contributed by atoms with van der Waals surface area (Å²) in [7, 11) is 1.30. The fourth-order valence-corrected chi connectivity index (χ4v) is 2.69. The molecule has 2 rings (SSSR count). The van der Waals surface area contributed by atoms with Crippen molar-refractivity contribution in [3.63, 3.8) is 0 Å². The maximum Gasteiger partial charge on any atom is 0.323 e. The Hall–Kier alpha value is -2.28. The van der Waals surface area contributed by atoms with E-state index in [1.807, 2.05) is 30.3 Å². The predicted molar refractivity (Wildman–Crippen MR) is 74.7 cm³/mol. The maximum absolute atomic E-state index is 12.3. The van der Waals surface area contributed by atoms with Crippen LogP contribution in [0.2, 0.25) is 0 Å². The van der Waals surface area contributed by atoms with Gasteiger partial charge < -0.3 is 10.1 Å². The summed E-state index contributed by atoms with van der Waals surface area (Å²) in [6, 6.07) is 9.53. The highest BCUT2D eigenvalue weighted by Gasteiger charge is 2.57. The number of hydrogen-bond donors (Lipinski definition) is 1. The molecule has 4 heteroatoms. The van der Waals surface area contributed by atoms with Crippen molar-refractivity contribution in [2.24, 2.45) is 5.41 Å². The van der Waals surface area contributed by atoms with Crippen LogP contribution in [-0.4, -0.2) is 25.5 Å². The Morgan fingerprint density at radius 2 is 2.15 bits per heavy atom. The molecule has 0 bridgehead atoms. The van der Waals surface area contributed by atoms with Gasteiger partial charge >= 0.3 is 5.97 Å². The summed E-state index contributed by atoms with van der Waals surface area (Å²) in [6.07, 6.45) is 0.168. The van der Waals surface area contributed by atoms with E-state index in [2.05, 4.69) is 17.2 Å². The number of amides is 1. The van der Waals surface area contributed by atoms with Gasteiger partial charge in [0.1, 0.15) is 0 Å². The zero-order chi connectivity index (χ0) is 14.6. The number of nitrogens with one attached hydrogen (secondary N) is 1. The molecule has 4 nitrogen and oxygen atoms in total. The summed E-state index contributed by atoms with van der Waals surface area (Å²) >= 11 is 0. The molecule has 1 aromatic rings. The zero-order valence-corrected chi connectivity index (χ0v) is 11.6. The van der Waals surface area contributed by atoms with Gasteiger partial charge in [0.25, 0.3) is 0 Å². The van der Waals surface area contributed by atoms with Crippen LogP contribution < -0.4 is 5.32 Å². The molecule has 0 radical (unpaired) electrons. The molecule has 104 valence electrons. The van der Waals surface area contributed by atoms with Gasteiger partial charge in [-0.2, -0.15) is 0 Å². The highest BCUT2D eigenvalue weighted by Crippen LogP contribution is 2.43. The van der Waals surface area contributed by atoms with Gasteiger partial charge in [0.15, 0.2) is 5.41 Å². The second-order valence-corrected chi connectivity index (χ2v) is 4.74. The lowest BCUT2D eigenvalue weighted by Crippen LogP contribution is -2.42. The second kappa shape index (κ2) is 5.79. The topological polar surface area (TPSA) is 55.4 Å². The highest BCUT2D eigenvalue weighted by molar-refractivity contribution is 6.06. The molecule has 2 atom stereocenters. The van der Waals surface area contributed by atoms with E-state index in [0.29, 0.717) is 6.54 Å². The first-order chi connectivity index (χ1) is 9.66. The van der Waals surface area contributed by atoms with Crippen LogP contribution in [0.25, 0.3) is 0 Å². The molecule has 0 spiro atoms. The van der Waals surface area contributed by atoms with E-state index in [1.165, 1.54) is 7.11 Å². The molecule has 1 saturated heterocycles. The fourth-order valence-electron chi connectivity index (χ4n) is 2.69. The van der Waals surface area contributed by atoms with Gasteiger partial charge in [0.05, 0.1) is 7.11 Å². The smallest absolute Gasteiger partial charge is 0.323 e. The third-order valence-corrected chi connectivity index (χ3v) is 3.76. The van der Waals surface area contributed by atoms with E-state index in [4.69, 9.17) is 4.74 Å². The SMILES string of the molecule is CC#CC[C@@]1(C(=O)OC)C(=O)NC[C@H]1c1ccccc1. The Balaban J connectivity index is 2.50. The van der Waals surface area contributed by atoms with Crippen LogP contribution in [0.3, 0.4) is 0 Å². The average molecular weight is 271 g/mol. The standard InChI is InChI=1S/C16H17NO3/c1-3-4-10-16(15(19)20-2)13(11-17-14(16)18)12-8-6-5-7-9-12/h5-9,13H,10-11H2,1-2H3,(H,17,18)/t13-,16-/m0/s1. The number of hydrogen-bond acceptors (Lipinski definition) is 3. The van der Waals surface area contributed by atoms with Crippen LogP contribution in [-0.2, 0) is 14.3 Å². The molecule has 0 aromatic heterocycles. The van der Waals surface area contributed by atoms with Crippen molar-refractivity contribution in [1.82, 2.24) is 5.32 Å². The number of esters is 1. The number of rotatable bonds is 3. The Bertz CT molecular complexity index is 570. The third-order valence-electron chi connectivity index (χ3n) is 3.76. The van der Waals surface area contributed by atoms with Gasteiger partial charge in [-0.05, 0) is 12.5 Å². The summed E-state index contributed by atoms with van der Waals surface area (Å²) in [6.45, 7) is 2.11. The average Bonchev–Trinajstić information content (AvgIpc) is 2.83. The number of carbonyl (C=O) groups is 2. The first kappa shape index (κ1) is 14.1. The Morgan fingerprint density at radius 3 is 2.75 bits per heavy atom. The Morgan fingerprint density at radius 1 is 1.45 bits per heavy atom. The van der Waals surface area contributed by atoms with Crippen LogP contribution >= 0.6 is 0 Å².